The van der Waals surface area contributed by atoms with E-state index in [2.05, 4.69) is 13.8 Å². The Hall–Kier alpha value is -0.0900. The van der Waals surface area contributed by atoms with Gasteiger partial charge >= 0.3 is 0 Å². The van der Waals surface area contributed by atoms with Gasteiger partial charge in [-0.25, -0.2) is 8.42 Å². The second-order valence-corrected chi connectivity index (χ2v) is 9.85. The molecule has 2 N–H and O–H groups in total. The van der Waals surface area contributed by atoms with E-state index in [-0.39, 0.29) is 11.3 Å². The Morgan fingerprint density at radius 1 is 1.05 bits per heavy atom. The zero-order valence-electron chi connectivity index (χ0n) is 13.2. The maximum atomic E-state index is 11.8. The van der Waals surface area contributed by atoms with Gasteiger partial charge in [-0.05, 0) is 55.8 Å². The zero-order valence-corrected chi connectivity index (χ0v) is 14.0. The Balaban J connectivity index is 2.05. The molecule has 2 fully saturated rings. The van der Waals surface area contributed by atoms with Crippen LogP contribution < -0.4 is 5.73 Å². The van der Waals surface area contributed by atoms with Gasteiger partial charge in [0.1, 0.15) is 9.84 Å². The molecule has 118 valence electrons. The van der Waals surface area contributed by atoms with Gasteiger partial charge in [-0.3, -0.25) is 0 Å². The Kier molecular flexibility index (Phi) is 5.17. The lowest BCUT2D eigenvalue weighted by atomic mass is 9.66. The smallest absolute Gasteiger partial charge is 0.150 e. The highest BCUT2D eigenvalue weighted by molar-refractivity contribution is 7.91. The van der Waals surface area contributed by atoms with Crippen LogP contribution in [0.2, 0.25) is 0 Å². The molecular weight excluding hydrogens is 270 g/mol. The quantitative estimate of drug-likeness (QED) is 0.871. The Bertz CT molecular complexity index is 418. The van der Waals surface area contributed by atoms with Crippen molar-refractivity contribution < 1.29 is 8.42 Å². The molecule has 2 aliphatic carbocycles. The molecule has 0 amide bonds. The van der Waals surface area contributed by atoms with Crippen molar-refractivity contribution in [3.8, 4) is 0 Å². The summed E-state index contributed by atoms with van der Waals surface area (Å²) in [5, 5.41) is -0.118. The number of nitrogens with two attached hydrogens (primary N) is 1. The molecule has 0 saturated heterocycles. The molecule has 2 rings (SSSR count). The predicted octanol–water partition coefficient (Wildman–Crippen LogP) is 2.99. The van der Waals surface area contributed by atoms with Crippen molar-refractivity contribution in [1.29, 1.82) is 0 Å². The summed E-state index contributed by atoms with van der Waals surface area (Å²) >= 11 is 0. The van der Waals surface area contributed by atoms with Crippen LogP contribution in [0, 0.1) is 23.7 Å². The second kappa shape index (κ2) is 6.35. The monoisotopic (exact) mass is 301 g/mol. The molecule has 0 aromatic heterocycles. The first kappa shape index (κ1) is 16.3. The summed E-state index contributed by atoms with van der Waals surface area (Å²) in [6.45, 7) is 4.61. The molecule has 0 radical (unpaired) electrons. The third-order valence-corrected chi connectivity index (χ3v) is 7.46. The SMILES string of the molecule is CC(C)C1CCC(N)C(C2CCCC(S(C)(=O)=O)C2)C1. The summed E-state index contributed by atoms with van der Waals surface area (Å²) < 4.78 is 23.7. The summed E-state index contributed by atoms with van der Waals surface area (Å²) in [4.78, 5) is 0. The lowest BCUT2D eigenvalue weighted by Crippen LogP contribution is -2.43. The van der Waals surface area contributed by atoms with Crippen LogP contribution in [0.25, 0.3) is 0 Å². The maximum absolute atomic E-state index is 11.8. The largest absolute Gasteiger partial charge is 0.327 e. The highest BCUT2D eigenvalue weighted by Gasteiger charge is 2.38. The fourth-order valence-electron chi connectivity index (χ4n) is 4.37. The number of sulfone groups is 1. The van der Waals surface area contributed by atoms with E-state index in [1.807, 2.05) is 0 Å². The fourth-order valence-corrected chi connectivity index (χ4v) is 5.56. The van der Waals surface area contributed by atoms with Crippen LogP contribution in [-0.2, 0) is 9.84 Å². The molecule has 0 bridgehead atoms. The predicted molar refractivity (Wildman–Crippen MR) is 84.2 cm³/mol. The molecule has 4 heteroatoms. The van der Waals surface area contributed by atoms with Crippen LogP contribution in [0.4, 0.5) is 0 Å². The highest BCUT2D eigenvalue weighted by atomic mass is 32.2. The van der Waals surface area contributed by atoms with Gasteiger partial charge in [0.15, 0.2) is 0 Å². The summed E-state index contributed by atoms with van der Waals surface area (Å²) in [5.74, 6) is 2.57. The maximum Gasteiger partial charge on any atom is 0.150 e. The average Bonchev–Trinajstić information content (AvgIpc) is 2.38. The molecule has 3 nitrogen and oxygen atoms in total. The van der Waals surface area contributed by atoms with Crippen LogP contribution in [0.5, 0.6) is 0 Å². The summed E-state index contributed by atoms with van der Waals surface area (Å²) in [6.07, 6.45) is 8.91. The molecule has 0 heterocycles. The average molecular weight is 301 g/mol. The molecule has 0 spiro atoms. The van der Waals surface area contributed by atoms with Gasteiger partial charge < -0.3 is 5.73 Å². The Morgan fingerprint density at radius 2 is 1.75 bits per heavy atom. The van der Waals surface area contributed by atoms with E-state index in [1.54, 1.807) is 0 Å². The minimum Gasteiger partial charge on any atom is -0.327 e. The first-order valence-corrected chi connectivity index (χ1v) is 10.2. The number of hydrogen-bond acceptors (Lipinski definition) is 3. The van der Waals surface area contributed by atoms with Gasteiger partial charge in [-0.2, -0.15) is 0 Å². The summed E-state index contributed by atoms with van der Waals surface area (Å²) in [6, 6.07) is 0.285. The van der Waals surface area contributed by atoms with Crippen LogP contribution in [0.1, 0.15) is 58.8 Å². The Morgan fingerprint density at radius 3 is 2.35 bits per heavy atom. The van der Waals surface area contributed by atoms with Crippen molar-refractivity contribution in [2.75, 3.05) is 6.26 Å². The van der Waals surface area contributed by atoms with E-state index in [1.165, 1.54) is 25.5 Å². The second-order valence-electron chi connectivity index (χ2n) is 7.52. The first-order chi connectivity index (χ1) is 9.29. The molecule has 0 aliphatic heterocycles. The van der Waals surface area contributed by atoms with Crippen molar-refractivity contribution in [1.82, 2.24) is 0 Å². The van der Waals surface area contributed by atoms with Crippen molar-refractivity contribution in [3.63, 3.8) is 0 Å². The van der Waals surface area contributed by atoms with E-state index in [4.69, 9.17) is 5.73 Å². The summed E-state index contributed by atoms with van der Waals surface area (Å²) in [5.41, 5.74) is 6.38. The highest BCUT2D eigenvalue weighted by Crippen LogP contribution is 2.42. The van der Waals surface area contributed by atoms with E-state index >= 15 is 0 Å². The molecule has 5 atom stereocenters. The van der Waals surface area contributed by atoms with Gasteiger partial charge in [0.2, 0.25) is 0 Å². The van der Waals surface area contributed by atoms with Crippen LogP contribution in [0.3, 0.4) is 0 Å². The topological polar surface area (TPSA) is 60.2 Å². The molecular formula is C16H31NO2S. The van der Waals surface area contributed by atoms with Gasteiger partial charge in [0.25, 0.3) is 0 Å². The fraction of sp³-hybridized carbons (Fsp3) is 1.00. The van der Waals surface area contributed by atoms with Gasteiger partial charge in [0.05, 0.1) is 5.25 Å². The van der Waals surface area contributed by atoms with Crippen molar-refractivity contribution in [2.45, 2.75) is 70.1 Å². The van der Waals surface area contributed by atoms with Crippen molar-refractivity contribution in [3.05, 3.63) is 0 Å². The van der Waals surface area contributed by atoms with Crippen molar-refractivity contribution >= 4 is 9.84 Å². The van der Waals surface area contributed by atoms with E-state index in [9.17, 15) is 8.42 Å². The van der Waals surface area contributed by atoms with Gasteiger partial charge in [-0.15, -0.1) is 0 Å². The minimum atomic E-state index is -2.89. The molecule has 2 saturated carbocycles. The van der Waals surface area contributed by atoms with Crippen LogP contribution in [-0.4, -0.2) is 26.0 Å². The van der Waals surface area contributed by atoms with E-state index in [0.717, 1.165) is 37.5 Å². The lowest BCUT2D eigenvalue weighted by molar-refractivity contribution is 0.117. The zero-order chi connectivity index (χ0) is 14.9. The van der Waals surface area contributed by atoms with Crippen LogP contribution >= 0.6 is 0 Å². The van der Waals surface area contributed by atoms with E-state index < -0.39 is 9.84 Å². The third-order valence-electron chi connectivity index (χ3n) is 5.82. The van der Waals surface area contributed by atoms with E-state index in [0.29, 0.717) is 11.8 Å². The van der Waals surface area contributed by atoms with Crippen LogP contribution in [0.15, 0.2) is 0 Å². The normalized spacial score (nSPS) is 40.0. The standard InChI is InChI=1S/C16H31NO2S/c1-11(2)12-7-8-16(17)15(10-12)13-5-4-6-14(9-13)20(3,18)19/h11-16H,4-10,17H2,1-3H3. The number of rotatable bonds is 3. The Labute approximate surface area is 124 Å². The molecule has 0 aromatic carbocycles. The third kappa shape index (κ3) is 3.76. The molecule has 2 aliphatic rings. The lowest BCUT2D eigenvalue weighted by Gasteiger charge is -2.43. The van der Waals surface area contributed by atoms with Gasteiger partial charge in [-0.1, -0.05) is 26.7 Å². The first-order valence-electron chi connectivity index (χ1n) is 8.23. The van der Waals surface area contributed by atoms with Gasteiger partial charge in [0, 0.05) is 12.3 Å². The molecule has 5 unspecified atom stereocenters. The number of hydrogen-bond donors (Lipinski definition) is 1. The van der Waals surface area contributed by atoms with Crippen molar-refractivity contribution in [2.24, 2.45) is 29.4 Å². The summed E-state index contributed by atoms with van der Waals surface area (Å²) in [7, 11) is -2.89. The molecule has 0 aromatic rings. The minimum absolute atomic E-state index is 0.118. The molecule has 20 heavy (non-hydrogen) atoms.